The molecule has 4 aliphatic rings. The van der Waals surface area contributed by atoms with Gasteiger partial charge in [0.1, 0.15) is 17.2 Å². The van der Waals surface area contributed by atoms with Crippen LogP contribution in [0.3, 0.4) is 0 Å². The van der Waals surface area contributed by atoms with E-state index in [0.717, 1.165) is 11.8 Å². The minimum absolute atomic E-state index is 0.0917. The van der Waals surface area contributed by atoms with Crippen LogP contribution < -0.4 is 10.5 Å². The standard InChI is InChI=1S/C36H35FN2O8S/c1-33-13-11-22(40)17-21(33)5-9-27-26-12-14-35(32(45)48-16-15-38,34(26,2)19-29(42)36(27,33)37)47-31(44)20-3-6-23(7-4-20)46-24-8-10-28(41)25(18-24)30(39)43/h3-4,6-8,10-11,13,17-18,26-27,29,41-42H,5,9,12,14,16,19H2,1-2H3,(H2,39,43)/t26?,27?,29-,33-,34-,35-,36?/m0/s1. The Labute approximate surface area is 280 Å². The van der Waals surface area contributed by atoms with Gasteiger partial charge in [-0.3, -0.25) is 14.4 Å². The predicted molar refractivity (Wildman–Crippen MR) is 173 cm³/mol. The fourth-order valence-corrected chi connectivity index (χ4v) is 9.55. The van der Waals surface area contributed by atoms with Gasteiger partial charge in [-0.05, 0) is 99.6 Å². The number of halogens is 1. The number of rotatable bonds is 7. The van der Waals surface area contributed by atoms with Gasteiger partial charge < -0.3 is 25.4 Å². The van der Waals surface area contributed by atoms with E-state index in [9.17, 15) is 34.7 Å². The van der Waals surface area contributed by atoms with E-state index in [2.05, 4.69) is 0 Å². The summed E-state index contributed by atoms with van der Waals surface area (Å²) in [6.07, 6.45) is 3.91. The molecule has 1 amide bonds. The van der Waals surface area contributed by atoms with Gasteiger partial charge in [0.15, 0.2) is 17.1 Å². The molecule has 0 aliphatic heterocycles. The van der Waals surface area contributed by atoms with Gasteiger partial charge in [-0.25, -0.2) is 9.18 Å². The van der Waals surface area contributed by atoms with Gasteiger partial charge in [0.25, 0.3) is 5.91 Å². The Morgan fingerprint density at radius 2 is 1.81 bits per heavy atom. The highest BCUT2D eigenvalue weighted by Crippen LogP contribution is 2.70. The van der Waals surface area contributed by atoms with Crippen molar-refractivity contribution in [1.29, 1.82) is 5.26 Å². The van der Waals surface area contributed by atoms with Crippen molar-refractivity contribution in [3.8, 4) is 23.3 Å². The molecule has 12 heteroatoms. The second-order valence-electron chi connectivity index (χ2n) is 13.4. The number of nitriles is 1. The number of fused-ring (bicyclic) bond motifs is 5. The van der Waals surface area contributed by atoms with E-state index >= 15 is 4.39 Å². The number of amides is 1. The Kier molecular flexibility index (Phi) is 8.28. The van der Waals surface area contributed by atoms with Crippen molar-refractivity contribution < 1.29 is 43.3 Å². The van der Waals surface area contributed by atoms with Crippen molar-refractivity contribution in [2.24, 2.45) is 28.4 Å². The molecule has 2 aromatic carbocycles. The van der Waals surface area contributed by atoms with Crippen LogP contribution in [0.5, 0.6) is 17.2 Å². The Balaban J connectivity index is 1.29. The van der Waals surface area contributed by atoms with Crippen LogP contribution >= 0.6 is 11.8 Å². The molecule has 4 N–H and O–H groups in total. The third-order valence-corrected chi connectivity index (χ3v) is 12.1. The van der Waals surface area contributed by atoms with E-state index in [4.69, 9.17) is 15.2 Å². The third-order valence-electron chi connectivity index (χ3n) is 11.2. The zero-order valence-corrected chi connectivity index (χ0v) is 27.2. The maximum atomic E-state index is 17.6. The number of aromatic hydroxyl groups is 1. The summed E-state index contributed by atoms with van der Waals surface area (Å²) in [4.78, 5) is 51.5. The van der Waals surface area contributed by atoms with E-state index < -0.39 is 57.0 Å². The number of nitrogens with zero attached hydrogens (tertiary/aromatic N) is 1. The van der Waals surface area contributed by atoms with Gasteiger partial charge in [-0.15, -0.1) is 0 Å². The molecular formula is C36H35FN2O8S. The number of hydrogen-bond donors (Lipinski definition) is 3. The quantitative estimate of drug-likeness (QED) is 0.325. The maximum absolute atomic E-state index is 17.6. The largest absolute Gasteiger partial charge is 0.507 e. The lowest BCUT2D eigenvalue weighted by Crippen LogP contribution is -2.69. The van der Waals surface area contributed by atoms with Crippen molar-refractivity contribution >= 4 is 34.5 Å². The summed E-state index contributed by atoms with van der Waals surface area (Å²) < 4.78 is 29.5. The molecule has 0 radical (unpaired) electrons. The number of carbonyl (C=O) groups excluding carboxylic acids is 4. The first-order chi connectivity index (χ1) is 22.7. The lowest BCUT2D eigenvalue weighted by Gasteiger charge is -2.62. The number of primary amides is 1. The minimum atomic E-state index is -2.12. The number of phenols is 1. The number of ether oxygens (including phenoxy) is 2. The van der Waals surface area contributed by atoms with E-state index in [-0.39, 0.29) is 47.0 Å². The average Bonchev–Trinajstić information content (AvgIpc) is 3.33. The fourth-order valence-electron chi connectivity index (χ4n) is 8.75. The number of aliphatic hydroxyl groups is 1. The second kappa shape index (κ2) is 11.9. The summed E-state index contributed by atoms with van der Waals surface area (Å²) in [5.74, 6) is -2.95. The molecule has 3 fully saturated rings. The number of alkyl halides is 1. The lowest BCUT2D eigenvalue weighted by molar-refractivity contribution is -0.214. The molecule has 7 atom stereocenters. The van der Waals surface area contributed by atoms with E-state index in [1.54, 1.807) is 19.9 Å². The minimum Gasteiger partial charge on any atom is -0.507 e. The van der Waals surface area contributed by atoms with E-state index in [0.29, 0.717) is 30.6 Å². The number of esters is 1. The summed E-state index contributed by atoms with van der Waals surface area (Å²) in [5.41, 5.74) is -0.329. The van der Waals surface area contributed by atoms with Gasteiger partial charge in [-0.2, -0.15) is 5.26 Å². The lowest BCUT2D eigenvalue weighted by atomic mass is 9.45. The van der Waals surface area contributed by atoms with Crippen LogP contribution in [0.2, 0.25) is 0 Å². The van der Waals surface area contributed by atoms with Gasteiger partial charge in [0, 0.05) is 16.7 Å². The van der Waals surface area contributed by atoms with Crippen molar-refractivity contribution in [2.75, 3.05) is 5.75 Å². The summed E-state index contributed by atoms with van der Waals surface area (Å²) >= 11 is 0.738. The molecule has 3 saturated carbocycles. The number of thioether (sulfide) groups is 1. The predicted octanol–water partition coefficient (Wildman–Crippen LogP) is 5.33. The van der Waals surface area contributed by atoms with Gasteiger partial charge in [0.2, 0.25) is 5.12 Å². The first kappa shape index (κ1) is 33.4. The Hall–Kier alpha value is -4.47. The summed E-state index contributed by atoms with van der Waals surface area (Å²) in [6.45, 7) is 3.48. The Morgan fingerprint density at radius 3 is 2.50 bits per heavy atom. The topological polar surface area (TPSA) is 177 Å². The molecule has 4 aliphatic carbocycles. The average molecular weight is 675 g/mol. The summed E-state index contributed by atoms with van der Waals surface area (Å²) in [7, 11) is 0. The van der Waals surface area contributed by atoms with Crippen LogP contribution in [0.15, 0.2) is 66.3 Å². The summed E-state index contributed by atoms with van der Waals surface area (Å²) in [6, 6.07) is 11.8. The van der Waals surface area contributed by atoms with Gasteiger partial charge >= 0.3 is 5.97 Å². The number of benzene rings is 2. The van der Waals surface area contributed by atoms with Gasteiger partial charge in [0.05, 0.1) is 29.1 Å². The van der Waals surface area contributed by atoms with Crippen molar-refractivity contribution in [2.45, 2.75) is 63.3 Å². The number of nitrogens with two attached hydrogens (primary N) is 1. The number of aliphatic hydroxyl groups excluding tert-OH is 1. The molecule has 3 unspecified atom stereocenters. The van der Waals surface area contributed by atoms with Crippen molar-refractivity contribution in [3.05, 3.63) is 77.4 Å². The third kappa shape index (κ3) is 4.94. The maximum Gasteiger partial charge on any atom is 0.339 e. The van der Waals surface area contributed by atoms with Crippen LogP contribution in [-0.4, -0.2) is 56.1 Å². The number of allylic oxidation sites excluding steroid dienone is 4. The zero-order valence-electron chi connectivity index (χ0n) is 26.4. The second-order valence-corrected chi connectivity index (χ2v) is 14.4. The SMILES string of the molecule is C[C@]12C=CC(=O)C=C1CCC1C3CC[C@](OC(=O)c4ccc(Oc5ccc(O)c(C(N)=O)c5)cc4)(C(=O)SCC#N)[C@@]3(C)C[C@H](O)C12F. The van der Waals surface area contributed by atoms with Crippen molar-refractivity contribution in [3.63, 3.8) is 0 Å². The molecule has 10 nitrogen and oxygen atoms in total. The first-order valence-electron chi connectivity index (χ1n) is 15.7. The monoisotopic (exact) mass is 674 g/mol. The normalized spacial score (nSPS) is 33.4. The van der Waals surface area contributed by atoms with Crippen LogP contribution in [0.1, 0.15) is 66.7 Å². The number of ketones is 1. The highest BCUT2D eigenvalue weighted by Gasteiger charge is 2.75. The van der Waals surface area contributed by atoms with Crippen molar-refractivity contribution in [1.82, 2.24) is 0 Å². The zero-order chi connectivity index (χ0) is 34.6. The molecule has 250 valence electrons. The molecule has 0 spiro atoms. The van der Waals surface area contributed by atoms with E-state index in [1.165, 1.54) is 54.6 Å². The van der Waals surface area contributed by atoms with E-state index in [1.807, 2.05) is 6.07 Å². The first-order valence-corrected chi connectivity index (χ1v) is 16.7. The molecule has 0 heterocycles. The Morgan fingerprint density at radius 1 is 1.10 bits per heavy atom. The van der Waals surface area contributed by atoms with Crippen LogP contribution in [0, 0.1) is 34.0 Å². The molecule has 0 saturated heterocycles. The van der Waals surface area contributed by atoms with Crippen LogP contribution in [0.4, 0.5) is 4.39 Å². The summed E-state index contributed by atoms with van der Waals surface area (Å²) in [5, 5.41) is 30.3. The van der Waals surface area contributed by atoms with Gasteiger partial charge in [-0.1, -0.05) is 30.3 Å². The smallest absolute Gasteiger partial charge is 0.339 e. The molecular weight excluding hydrogens is 639 g/mol. The molecule has 2 aromatic rings. The van der Waals surface area contributed by atoms with Crippen LogP contribution in [-0.2, 0) is 14.3 Å². The highest BCUT2D eigenvalue weighted by molar-refractivity contribution is 8.14. The molecule has 6 rings (SSSR count). The molecule has 0 aromatic heterocycles. The highest BCUT2D eigenvalue weighted by atomic mass is 32.2. The number of hydrogen-bond acceptors (Lipinski definition) is 10. The molecule has 0 bridgehead atoms. The molecule has 48 heavy (non-hydrogen) atoms. The van der Waals surface area contributed by atoms with Crippen LogP contribution in [0.25, 0.3) is 0 Å². The number of carbonyl (C=O) groups is 4. The Bertz CT molecular complexity index is 1820. The fraction of sp³-hybridized carbons (Fsp3) is 0.417.